The lowest BCUT2D eigenvalue weighted by Gasteiger charge is -2.24. The van der Waals surface area contributed by atoms with Gasteiger partial charge in [-0.3, -0.25) is 9.67 Å². The second-order valence-corrected chi connectivity index (χ2v) is 8.37. The van der Waals surface area contributed by atoms with Gasteiger partial charge in [-0.2, -0.15) is 5.10 Å². The normalized spacial score (nSPS) is 10.5. The number of aryl methyl sites for hydroxylation is 1. The Kier molecular flexibility index (Phi) is 7.04. The van der Waals surface area contributed by atoms with Gasteiger partial charge in [0.25, 0.3) is 0 Å². The molecule has 0 atom stereocenters. The Morgan fingerprint density at radius 3 is 2.32 bits per heavy atom. The second-order valence-electron chi connectivity index (χ2n) is 8.37. The minimum atomic E-state index is 0.371. The van der Waals surface area contributed by atoms with E-state index in [0.717, 1.165) is 33.7 Å². The van der Waals surface area contributed by atoms with Crippen molar-refractivity contribution in [3.05, 3.63) is 79.0 Å². The van der Waals surface area contributed by atoms with Gasteiger partial charge in [-0.1, -0.05) is 5.92 Å². The lowest BCUT2D eigenvalue weighted by atomic mass is 10.2. The number of rotatable bonds is 7. The molecule has 0 aliphatic rings. The maximum absolute atomic E-state index is 5.52. The van der Waals surface area contributed by atoms with Crippen LogP contribution in [-0.2, 0) is 7.05 Å². The summed E-state index contributed by atoms with van der Waals surface area (Å²) >= 11 is 0. The molecule has 0 aliphatic heterocycles. The molecule has 0 saturated carbocycles. The highest BCUT2D eigenvalue weighted by Crippen LogP contribution is 2.34. The summed E-state index contributed by atoms with van der Waals surface area (Å²) in [5.74, 6) is 8.43. The van der Waals surface area contributed by atoms with Gasteiger partial charge in [0.15, 0.2) is 0 Å². The van der Waals surface area contributed by atoms with Crippen LogP contribution in [0, 0.1) is 11.8 Å². The Bertz CT molecular complexity index is 1630. The highest BCUT2D eigenvalue weighted by Gasteiger charge is 2.14. The van der Waals surface area contributed by atoms with E-state index in [1.807, 2.05) is 49.6 Å². The number of hydrogen-bond donors (Lipinski definition) is 0. The molecule has 0 N–H and O–H groups in total. The van der Waals surface area contributed by atoms with Crippen molar-refractivity contribution < 1.29 is 14.2 Å². The van der Waals surface area contributed by atoms with Crippen LogP contribution in [0.15, 0.2) is 73.3 Å². The number of benzene rings is 2. The van der Waals surface area contributed by atoms with E-state index >= 15 is 0 Å². The van der Waals surface area contributed by atoms with Crippen LogP contribution in [0.25, 0.3) is 22.3 Å². The first-order chi connectivity index (χ1) is 18.6. The monoisotopic (exact) mass is 506 g/mol. The number of aromatic nitrogens is 5. The van der Waals surface area contributed by atoms with Gasteiger partial charge in [0.05, 0.1) is 57.0 Å². The van der Waals surface area contributed by atoms with Crippen LogP contribution in [0.2, 0.25) is 0 Å². The average molecular weight is 507 g/mol. The highest BCUT2D eigenvalue weighted by atomic mass is 16.5. The zero-order valence-electron chi connectivity index (χ0n) is 21.5. The Morgan fingerprint density at radius 2 is 1.61 bits per heavy atom. The first-order valence-electron chi connectivity index (χ1n) is 11.8. The summed E-state index contributed by atoms with van der Waals surface area (Å²) < 4.78 is 18.1. The van der Waals surface area contributed by atoms with Crippen molar-refractivity contribution in [1.82, 2.24) is 24.7 Å². The predicted octanol–water partition coefficient (Wildman–Crippen LogP) is 4.64. The topological polar surface area (TPSA) is 87.4 Å². The number of nitrogens with zero attached hydrogens (tertiary/aromatic N) is 6. The number of methoxy groups -OCH3 is 3. The number of fused-ring (bicyclic) bond motifs is 1. The minimum absolute atomic E-state index is 0.371. The molecule has 2 aromatic carbocycles. The summed E-state index contributed by atoms with van der Waals surface area (Å²) in [4.78, 5) is 15.9. The molecule has 3 heterocycles. The molecule has 0 fully saturated rings. The SMILES string of the molecule is COc1cc(OC)cc(N(CC#Cc2cc(OC)ccn2)c2ccc3ncc(-c4cnn(C)c4)nc3c2)c1. The van der Waals surface area contributed by atoms with Crippen LogP contribution in [0.3, 0.4) is 0 Å². The maximum atomic E-state index is 5.52. The van der Waals surface area contributed by atoms with Crippen molar-refractivity contribution >= 4 is 22.4 Å². The summed E-state index contributed by atoms with van der Waals surface area (Å²) in [5, 5.41) is 4.25. The lowest BCUT2D eigenvalue weighted by Crippen LogP contribution is -2.17. The third-order valence-corrected chi connectivity index (χ3v) is 5.91. The molecule has 0 amide bonds. The van der Waals surface area contributed by atoms with Gasteiger partial charge < -0.3 is 19.1 Å². The Balaban J connectivity index is 1.57. The van der Waals surface area contributed by atoms with Gasteiger partial charge in [0, 0.05) is 60.6 Å². The van der Waals surface area contributed by atoms with Gasteiger partial charge >= 0.3 is 0 Å². The molecule has 5 rings (SSSR count). The van der Waals surface area contributed by atoms with Gasteiger partial charge in [-0.25, -0.2) is 9.97 Å². The Morgan fingerprint density at radius 1 is 0.816 bits per heavy atom. The van der Waals surface area contributed by atoms with E-state index in [9.17, 15) is 0 Å². The Hall–Kier alpha value is -5.10. The van der Waals surface area contributed by atoms with E-state index < -0.39 is 0 Å². The fourth-order valence-electron chi connectivity index (χ4n) is 3.96. The zero-order chi connectivity index (χ0) is 26.5. The standard InChI is InChI=1S/C29H26N6O3/c1-34-19-20(17-32-34)29-18-31-27-8-7-22(15-28(27)33-29)35(23-13-25(37-3)16-26(14-23)38-4)11-5-6-21-12-24(36-2)9-10-30-21/h7-10,12-19H,11H2,1-4H3. The summed E-state index contributed by atoms with van der Waals surface area (Å²) in [6.45, 7) is 0.371. The number of anilines is 2. The molecule has 0 radical (unpaired) electrons. The largest absolute Gasteiger partial charge is 0.497 e. The fraction of sp³-hybridized carbons (Fsp3) is 0.172. The summed E-state index contributed by atoms with van der Waals surface area (Å²) in [5.41, 5.74) is 5.56. The predicted molar refractivity (Wildman–Crippen MR) is 146 cm³/mol. The van der Waals surface area contributed by atoms with E-state index in [1.165, 1.54) is 0 Å². The van der Waals surface area contributed by atoms with Crippen molar-refractivity contribution in [2.45, 2.75) is 0 Å². The van der Waals surface area contributed by atoms with E-state index in [1.54, 1.807) is 56.7 Å². The molecule has 5 aromatic rings. The van der Waals surface area contributed by atoms with Crippen LogP contribution in [0.5, 0.6) is 17.2 Å². The van der Waals surface area contributed by atoms with Crippen LogP contribution >= 0.6 is 0 Å². The van der Waals surface area contributed by atoms with Crippen molar-refractivity contribution in [3.8, 4) is 40.3 Å². The molecule has 9 heteroatoms. The van der Waals surface area contributed by atoms with Crippen molar-refractivity contribution in [3.63, 3.8) is 0 Å². The molecule has 38 heavy (non-hydrogen) atoms. The maximum Gasteiger partial charge on any atom is 0.124 e. The van der Waals surface area contributed by atoms with Gasteiger partial charge in [0.2, 0.25) is 0 Å². The van der Waals surface area contributed by atoms with Crippen LogP contribution in [0.4, 0.5) is 11.4 Å². The third kappa shape index (κ3) is 5.34. The highest BCUT2D eigenvalue weighted by molar-refractivity contribution is 5.83. The molecular formula is C29H26N6O3. The van der Waals surface area contributed by atoms with E-state index in [-0.39, 0.29) is 0 Å². The lowest BCUT2D eigenvalue weighted by molar-refractivity contribution is 0.394. The van der Waals surface area contributed by atoms with Gasteiger partial charge in [-0.05, 0) is 30.2 Å². The molecule has 3 aromatic heterocycles. The summed E-state index contributed by atoms with van der Waals surface area (Å²) in [6.07, 6.45) is 7.12. The number of ether oxygens (including phenoxy) is 3. The average Bonchev–Trinajstić information content (AvgIpc) is 3.40. The molecule has 0 spiro atoms. The van der Waals surface area contributed by atoms with Gasteiger partial charge in [0.1, 0.15) is 22.9 Å². The molecule has 0 unspecified atom stereocenters. The molecule has 0 aliphatic carbocycles. The second kappa shape index (κ2) is 10.9. The van der Waals surface area contributed by atoms with E-state index in [2.05, 4.69) is 31.8 Å². The Labute approximate surface area is 220 Å². The minimum Gasteiger partial charge on any atom is -0.497 e. The fourth-order valence-corrected chi connectivity index (χ4v) is 3.96. The smallest absolute Gasteiger partial charge is 0.124 e. The van der Waals surface area contributed by atoms with Crippen molar-refractivity contribution in [2.24, 2.45) is 7.05 Å². The van der Waals surface area contributed by atoms with Crippen molar-refractivity contribution in [1.29, 1.82) is 0 Å². The quantitative estimate of drug-likeness (QED) is 0.295. The number of hydrogen-bond acceptors (Lipinski definition) is 8. The summed E-state index contributed by atoms with van der Waals surface area (Å²) in [7, 11) is 6.75. The van der Waals surface area contributed by atoms with Crippen LogP contribution in [-0.4, -0.2) is 52.6 Å². The first-order valence-corrected chi connectivity index (χ1v) is 11.8. The third-order valence-electron chi connectivity index (χ3n) is 5.91. The molecule has 9 nitrogen and oxygen atoms in total. The van der Waals surface area contributed by atoms with Crippen LogP contribution in [0.1, 0.15) is 5.69 Å². The zero-order valence-corrected chi connectivity index (χ0v) is 21.5. The van der Waals surface area contributed by atoms with Crippen LogP contribution < -0.4 is 19.1 Å². The molecular weight excluding hydrogens is 480 g/mol. The molecule has 0 bridgehead atoms. The van der Waals surface area contributed by atoms with E-state index in [0.29, 0.717) is 29.5 Å². The number of pyridine rings is 1. The molecule has 190 valence electrons. The van der Waals surface area contributed by atoms with Gasteiger partial charge in [-0.15, -0.1) is 0 Å². The molecule has 0 saturated heterocycles. The van der Waals surface area contributed by atoms with Crippen molar-refractivity contribution in [2.75, 3.05) is 32.8 Å². The summed E-state index contributed by atoms with van der Waals surface area (Å²) in [6, 6.07) is 15.3. The van der Waals surface area contributed by atoms with E-state index in [4.69, 9.17) is 19.2 Å². The first kappa shape index (κ1) is 24.6.